The van der Waals surface area contributed by atoms with Crippen LogP contribution >= 0.6 is 7.80 Å². The Balaban J connectivity index is 3.07. The summed E-state index contributed by atoms with van der Waals surface area (Å²) in [6.45, 7) is 1.56. The van der Waals surface area contributed by atoms with Gasteiger partial charge < -0.3 is 0 Å². The third kappa shape index (κ3) is 1.61. The summed E-state index contributed by atoms with van der Waals surface area (Å²) < 4.78 is 23.2. The molecule has 1 unspecified atom stereocenters. The molecule has 1 rings (SSSR count). The zero-order valence-electron chi connectivity index (χ0n) is 5.54. The largest absolute Gasteiger partial charge is 0.373 e. The summed E-state index contributed by atoms with van der Waals surface area (Å²) in [6, 6.07) is 5.84. The molecule has 0 N–H and O–H groups in total. The lowest BCUT2D eigenvalue weighted by Gasteiger charge is -1.84. The van der Waals surface area contributed by atoms with E-state index < -0.39 is 7.80 Å². The Morgan fingerprint density at radius 1 is 1.50 bits per heavy atom. The van der Waals surface area contributed by atoms with E-state index >= 15 is 0 Å². The second-order valence-corrected chi connectivity index (χ2v) is 3.49. The maximum atomic E-state index is 12.4. The van der Waals surface area contributed by atoms with Crippen LogP contribution in [0.4, 0.5) is 4.39 Å². The number of hydrogen-bond acceptors (Lipinski definition) is 1. The summed E-state index contributed by atoms with van der Waals surface area (Å²) in [6.07, 6.45) is 0. The second-order valence-electron chi connectivity index (χ2n) is 1.98. The third-order valence-corrected chi connectivity index (χ3v) is 2.18. The zero-order chi connectivity index (χ0) is 7.56. The van der Waals surface area contributed by atoms with Crippen LogP contribution in [0.5, 0.6) is 0 Å². The summed E-state index contributed by atoms with van der Waals surface area (Å²) in [5.74, 6) is -0.331. The van der Waals surface area contributed by atoms with Crippen molar-refractivity contribution in [3.63, 3.8) is 0 Å². The van der Waals surface area contributed by atoms with Gasteiger partial charge in [0.2, 0.25) is 0 Å². The molecule has 1 atom stereocenters. The highest BCUT2D eigenvalue weighted by Gasteiger charge is 2.10. The Bertz CT molecular complexity index is 260. The van der Waals surface area contributed by atoms with Gasteiger partial charge in [-0.15, -0.1) is 0 Å². The topological polar surface area (TPSA) is 17.1 Å². The lowest BCUT2D eigenvalue weighted by molar-refractivity contribution is 0.595. The molecule has 0 aliphatic carbocycles. The Hall–Kier alpha value is -0.750. The molecule has 0 amide bonds. The molecule has 1 aromatic carbocycles. The molecule has 1 nitrogen and oxygen atoms in total. The molecule has 0 radical (unpaired) electrons. The van der Waals surface area contributed by atoms with E-state index in [4.69, 9.17) is 0 Å². The summed E-state index contributed by atoms with van der Waals surface area (Å²) in [4.78, 5) is 0. The van der Waals surface area contributed by atoms with Crippen molar-refractivity contribution in [1.82, 2.24) is 0 Å². The molecule has 1 aromatic rings. The number of benzene rings is 1. The van der Waals surface area contributed by atoms with E-state index in [1.165, 1.54) is 12.1 Å². The molecule has 0 spiro atoms. The zero-order valence-corrected chi connectivity index (χ0v) is 6.44. The van der Waals surface area contributed by atoms with Gasteiger partial charge in [0.25, 0.3) is 0 Å². The highest BCUT2D eigenvalue weighted by molar-refractivity contribution is 7.52. The smallest absolute Gasteiger partial charge is 0.207 e. The normalized spacial score (nSPS) is 11.2. The molecule has 3 heteroatoms. The molecule has 10 heavy (non-hydrogen) atoms. The van der Waals surface area contributed by atoms with E-state index in [0.717, 1.165) is 0 Å². The summed E-state index contributed by atoms with van der Waals surface area (Å²) in [5.41, 5.74) is 0. The first-order valence-corrected chi connectivity index (χ1v) is 4.57. The number of rotatable bonds is 1. The monoisotopic (exact) mass is 157 g/mol. The van der Waals surface area contributed by atoms with Gasteiger partial charge in [0.05, 0.1) is 0 Å². The van der Waals surface area contributed by atoms with Crippen LogP contribution in [0.15, 0.2) is 24.3 Å². The van der Waals surface area contributed by atoms with Gasteiger partial charge in [-0.1, -0.05) is 10.6 Å². The molecular formula is C7H7FOP+. The Kier molecular flexibility index (Phi) is 2.13. The molecule has 0 bridgehead atoms. The van der Waals surface area contributed by atoms with E-state index in [2.05, 4.69) is 0 Å². The van der Waals surface area contributed by atoms with Crippen LogP contribution in [0.2, 0.25) is 0 Å². The molecule has 0 aromatic heterocycles. The molecule has 0 heterocycles. The van der Waals surface area contributed by atoms with Gasteiger partial charge in [0.1, 0.15) is 12.5 Å². The first-order valence-electron chi connectivity index (χ1n) is 2.86. The fourth-order valence-electron chi connectivity index (χ4n) is 0.672. The molecule has 0 aliphatic heterocycles. The van der Waals surface area contributed by atoms with Crippen molar-refractivity contribution in [3.05, 3.63) is 30.1 Å². The molecular weight excluding hydrogens is 150 g/mol. The average molecular weight is 157 g/mol. The predicted octanol–water partition coefficient (Wildman–Crippen LogP) is 1.91. The second kappa shape index (κ2) is 2.89. The van der Waals surface area contributed by atoms with Gasteiger partial charge >= 0.3 is 7.80 Å². The van der Waals surface area contributed by atoms with Crippen molar-refractivity contribution in [2.45, 2.75) is 0 Å². The minimum atomic E-state index is -1.40. The summed E-state index contributed by atoms with van der Waals surface area (Å²) in [5, 5.41) is 0.565. The molecule has 0 fully saturated rings. The molecule has 0 saturated carbocycles. The fourth-order valence-corrected chi connectivity index (χ4v) is 1.27. The van der Waals surface area contributed by atoms with Crippen molar-refractivity contribution in [2.75, 3.05) is 6.66 Å². The van der Waals surface area contributed by atoms with Crippen molar-refractivity contribution in [1.29, 1.82) is 0 Å². The van der Waals surface area contributed by atoms with Crippen LogP contribution in [-0.2, 0) is 4.57 Å². The highest BCUT2D eigenvalue weighted by Crippen LogP contribution is 2.12. The van der Waals surface area contributed by atoms with Crippen molar-refractivity contribution in [3.8, 4) is 0 Å². The van der Waals surface area contributed by atoms with Gasteiger partial charge in [-0.25, -0.2) is 4.39 Å². The third-order valence-electron chi connectivity index (χ3n) is 1.17. The SMILES string of the molecule is C[P+](=O)c1cccc(F)c1. The van der Waals surface area contributed by atoms with Crippen LogP contribution in [-0.4, -0.2) is 6.66 Å². The minimum absolute atomic E-state index is 0.331. The lowest BCUT2D eigenvalue weighted by Crippen LogP contribution is -1.94. The van der Waals surface area contributed by atoms with Gasteiger partial charge in [-0.3, -0.25) is 0 Å². The van der Waals surface area contributed by atoms with Crippen LogP contribution in [0.1, 0.15) is 0 Å². The summed E-state index contributed by atoms with van der Waals surface area (Å²) >= 11 is 0. The Labute approximate surface area is 59.7 Å². The van der Waals surface area contributed by atoms with Crippen molar-refractivity contribution >= 4 is 13.1 Å². The molecule has 0 aliphatic rings. The number of halogens is 1. The molecule has 0 saturated heterocycles. The minimum Gasteiger partial charge on any atom is -0.207 e. The quantitative estimate of drug-likeness (QED) is 0.569. The van der Waals surface area contributed by atoms with E-state index in [9.17, 15) is 8.96 Å². The van der Waals surface area contributed by atoms with Gasteiger partial charge in [0.15, 0.2) is 5.30 Å². The average Bonchev–Trinajstić information content (AvgIpc) is 1.88. The first kappa shape index (κ1) is 7.36. The molecule has 52 valence electrons. The van der Waals surface area contributed by atoms with E-state index in [1.807, 2.05) is 0 Å². The fraction of sp³-hybridized carbons (Fsp3) is 0.143. The van der Waals surface area contributed by atoms with Crippen LogP contribution in [0.3, 0.4) is 0 Å². The van der Waals surface area contributed by atoms with Crippen LogP contribution < -0.4 is 5.30 Å². The van der Waals surface area contributed by atoms with E-state index in [0.29, 0.717) is 5.30 Å². The lowest BCUT2D eigenvalue weighted by atomic mass is 10.4. The van der Waals surface area contributed by atoms with E-state index in [1.54, 1.807) is 18.8 Å². The maximum Gasteiger partial charge on any atom is 0.373 e. The van der Waals surface area contributed by atoms with Crippen molar-refractivity contribution in [2.24, 2.45) is 0 Å². The van der Waals surface area contributed by atoms with Gasteiger partial charge in [0, 0.05) is 6.07 Å². The Morgan fingerprint density at radius 3 is 2.60 bits per heavy atom. The van der Waals surface area contributed by atoms with Crippen molar-refractivity contribution < 1.29 is 8.96 Å². The summed E-state index contributed by atoms with van der Waals surface area (Å²) in [7, 11) is -1.40. The van der Waals surface area contributed by atoms with Crippen LogP contribution in [0, 0.1) is 5.82 Å². The standard InChI is InChI=1S/C7H7FOP/c1-10(9)7-4-2-3-6(8)5-7/h2-5H,1H3/q+1. The predicted molar refractivity (Wildman–Crippen MR) is 39.6 cm³/mol. The van der Waals surface area contributed by atoms with Crippen LogP contribution in [0.25, 0.3) is 0 Å². The highest BCUT2D eigenvalue weighted by atomic mass is 31.1. The first-order chi connectivity index (χ1) is 4.70. The van der Waals surface area contributed by atoms with Gasteiger partial charge in [-0.2, -0.15) is 0 Å². The Morgan fingerprint density at radius 2 is 2.20 bits per heavy atom. The van der Waals surface area contributed by atoms with Gasteiger partial charge in [-0.05, 0) is 12.1 Å². The number of hydrogen-bond donors (Lipinski definition) is 0. The van der Waals surface area contributed by atoms with E-state index in [-0.39, 0.29) is 5.82 Å². The maximum absolute atomic E-state index is 12.4.